The Hall–Kier alpha value is -1.93. The Morgan fingerprint density at radius 3 is 2.73 bits per heavy atom. The van der Waals surface area contributed by atoms with E-state index in [2.05, 4.69) is 15.9 Å². The summed E-state index contributed by atoms with van der Waals surface area (Å²) < 4.78 is 0. The Morgan fingerprint density at radius 1 is 1.53 bits per heavy atom. The average molecular weight is 205 g/mol. The highest BCUT2D eigenvalue weighted by Gasteiger charge is 2.09. The van der Waals surface area contributed by atoms with E-state index in [1.807, 2.05) is 0 Å². The molecule has 1 heterocycles. The van der Waals surface area contributed by atoms with Crippen LogP contribution in [-0.4, -0.2) is 39.0 Å². The molecule has 0 saturated carbocycles. The van der Waals surface area contributed by atoms with Crippen LogP contribution in [0.25, 0.3) is 0 Å². The summed E-state index contributed by atoms with van der Waals surface area (Å²) in [6, 6.07) is 1.70. The first kappa shape index (κ1) is 11.1. The third kappa shape index (κ3) is 4.20. The van der Waals surface area contributed by atoms with Crippen LogP contribution in [0.15, 0.2) is 18.5 Å². The summed E-state index contributed by atoms with van der Waals surface area (Å²) in [6.45, 7) is 0.504. The molecule has 0 saturated heterocycles. The summed E-state index contributed by atoms with van der Waals surface area (Å²) in [6.07, 6.45) is 8.35. The van der Waals surface area contributed by atoms with E-state index in [1.54, 1.807) is 23.4 Å². The summed E-state index contributed by atoms with van der Waals surface area (Å²) in [5, 5.41) is 8.64. The van der Waals surface area contributed by atoms with Gasteiger partial charge in [0.15, 0.2) is 0 Å². The molecule has 1 rings (SSSR count). The molecule has 0 unspecified atom stereocenters. The highest BCUT2D eigenvalue weighted by atomic mass is 16.4. The van der Waals surface area contributed by atoms with Crippen molar-refractivity contribution in [2.24, 2.45) is 0 Å². The van der Waals surface area contributed by atoms with E-state index in [-0.39, 0.29) is 13.1 Å². The molecule has 5 heteroatoms. The first-order chi connectivity index (χ1) is 7.22. The third-order valence-electron chi connectivity index (χ3n) is 1.66. The highest BCUT2D eigenvalue weighted by Crippen LogP contribution is 1.96. The van der Waals surface area contributed by atoms with Gasteiger partial charge in [0, 0.05) is 12.4 Å². The molecule has 0 atom stereocenters. The molecule has 0 aromatic carbocycles. The summed E-state index contributed by atoms with van der Waals surface area (Å²) >= 11 is 0. The van der Waals surface area contributed by atoms with Crippen LogP contribution in [0.4, 0.5) is 0 Å². The van der Waals surface area contributed by atoms with Crippen LogP contribution in [0.2, 0.25) is 0 Å². The Morgan fingerprint density at radius 2 is 2.20 bits per heavy atom. The fraction of sp³-hybridized carbons (Fsp3) is 0.300. The van der Waals surface area contributed by atoms with Crippen molar-refractivity contribution in [2.75, 3.05) is 13.1 Å². The number of hydrogen-bond donors (Lipinski definition) is 1. The Balaban J connectivity index is 2.59. The minimum Gasteiger partial charge on any atom is -0.480 e. The highest BCUT2D eigenvalue weighted by molar-refractivity contribution is 5.69. The number of carbonyl (C=O) groups is 1. The molecule has 0 aliphatic heterocycles. The van der Waals surface area contributed by atoms with Gasteiger partial charge in [-0.05, 0) is 6.07 Å². The molecule has 1 aromatic rings. The number of nitrogens with zero attached hydrogens (tertiary/aromatic N) is 3. The lowest BCUT2D eigenvalue weighted by Gasteiger charge is -2.15. The molecule has 0 aliphatic carbocycles. The van der Waals surface area contributed by atoms with Crippen LogP contribution in [0.1, 0.15) is 5.82 Å². The lowest BCUT2D eigenvalue weighted by Crippen LogP contribution is -2.30. The quantitative estimate of drug-likeness (QED) is 0.685. The van der Waals surface area contributed by atoms with E-state index >= 15 is 0 Å². The molecule has 0 aliphatic rings. The molecular formula is C10H11N3O2. The second-order valence-corrected chi connectivity index (χ2v) is 2.91. The number of aromatic nitrogens is 2. The summed E-state index contributed by atoms with van der Waals surface area (Å²) in [5.41, 5.74) is 0. The van der Waals surface area contributed by atoms with E-state index < -0.39 is 5.97 Å². The topological polar surface area (TPSA) is 66.3 Å². The number of carboxylic acids is 1. The first-order valence-corrected chi connectivity index (χ1v) is 4.36. The molecule has 0 fully saturated rings. The molecule has 5 nitrogen and oxygen atoms in total. The predicted molar refractivity (Wildman–Crippen MR) is 53.8 cm³/mol. The van der Waals surface area contributed by atoms with Crippen LogP contribution in [-0.2, 0) is 11.3 Å². The van der Waals surface area contributed by atoms with Crippen molar-refractivity contribution < 1.29 is 9.90 Å². The van der Waals surface area contributed by atoms with Gasteiger partial charge < -0.3 is 5.11 Å². The van der Waals surface area contributed by atoms with Crippen molar-refractivity contribution in [1.82, 2.24) is 14.9 Å². The SMILES string of the molecule is C#CCN(CC(=O)O)Cc1ncccn1. The van der Waals surface area contributed by atoms with Gasteiger partial charge in [-0.1, -0.05) is 5.92 Å². The normalized spacial score (nSPS) is 9.87. The van der Waals surface area contributed by atoms with Crippen molar-refractivity contribution >= 4 is 5.97 Å². The molecule has 78 valence electrons. The number of terminal acetylenes is 1. The lowest BCUT2D eigenvalue weighted by atomic mass is 10.4. The van der Waals surface area contributed by atoms with E-state index in [1.165, 1.54) is 0 Å². The maximum Gasteiger partial charge on any atom is 0.317 e. The molecule has 1 N–H and O–H groups in total. The molecule has 15 heavy (non-hydrogen) atoms. The smallest absolute Gasteiger partial charge is 0.317 e. The van der Waals surface area contributed by atoms with E-state index in [0.717, 1.165) is 0 Å². The average Bonchev–Trinajstić information content (AvgIpc) is 2.18. The Bertz CT molecular complexity index is 359. The van der Waals surface area contributed by atoms with Gasteiger partial charge in [-0.25, -0.2) is 9.97 Å². The molecule has 0 radical (unpaired) electrons. The van der Waals surface area contributed by atoms with Crippen LogP contribution < -0.4 is 0 Å². The van der Waals surface area contributed by atoms with Gasteiger partial charge in [0.25, 0.3) is 0 Å². The second-order valence-electron chi connectivity index (χ2n) is 2.91. The molecular weight excluding hydrogens is 194 g/mol. The van der Waals surface area contributed by atoms with Crippen LogP contribution in [0, 0.1) is 12.3 Å². The fourth-order valence-electron chi connectivity index (χ4n) is 1.10. The minimum atomic E-state index is -0.916. The Labute approximate surface area is 87.8 Å². The lowest BCUT2D eigenvalue weighted by molar-refractivity contribution is -0.138. The summed E-state index contributed by atoms with van der Waals surface area (Å²) in [4.78, 5) is 20.1. The first-order valence-electron chi connectivity index (χ1n) is 4.36. The predicted octanol–water partition coefficient (Wildman–Crippen LogP) is -0.00360. The molecule has 0 bridgehead atoms. The van der Waals surface area contributed by atoms with Crippen molar-refractivity contribution in [2.45, 2.75) is 6.54 Å². The molecule has 0 amide bonds. The van der Waals surface area contributed by atoms with Crippen LogP contribution >= 0.6 is 0 Å². The zero-order valence-corrected chi connectivity index (χ0v) is 8.13. The van der Waals surface area contributed by atoms with Gasteiger partial charge in [0.2, 0.25) is 0 Å². The largest absolute Gasteiger partial charge is 0.480 e. The van der Waals surface area contributed by atoms with E-state index in [0.29, 0.717) is 12.4 Å². The fourth-order valence-corrected chi connectivity index (χ4v) is 1.10. The summed E-state index contributed by atoms with van der Waals surface area (Å²) in [7, 11) is 0. The van der Waals surface area contributed by atoms with E-state index in [9.17, 15) is 4.79 Å². The molecule has 0 spiro atoms. The third-order valence-corrected chi connectivity index (χ3v) is 1.66. The van der Waals surface area contributed by atoms with Gasteiger partial charge in [-0.2, -0.15) is 0 Å². The standard InChI is InChI=1S/C10H11N3O2/c1-2-6-13(8-10(14)15)7-9-11-4-3-5-12-9/h1,3-5H,6-8H2,(H,14,15). The number of hydrogen-bond acceptors (Lipinski definition) is 4. The minimum absolute atomic E-state index is 0.109. The maximum atomic E-state index is 10.5. The zero-order valence-electron chi connectivity index (χ0n) is 8.13. The maximum absolute atomic E-state index is 10.5. The van der Waals surface area contributed by atoms with Gasteiger partial charge in [0.1, 0.15) is 5.82 Å². The van der Waals surface area contributed by atoms with Crippen molar-refractivity contribution in [3.8, 4) is 12.3 Å². The number of carboxylic acid groups (broad SMARTS) is 1. The zero-order chi connectivity index (χ0) is 11.1. The second kappa shape index (κ2) is 5.73. The van der Waals surface area contributed by atoms with Crippen molar-refractivity contribution in [1.29, 1.82) is 0 Å². The van der Waals surface area contributed by atoms with Gasteiger partial charge in [-0.15, -0.1) is 6.42 Å². The molecule has 1 aromatic heterocycles. The Kier molecular flexibility index (Phi) is 4.26. The van der Waals surface area contributed by atoms with Crippen molar-refractivity contribution in [3.05, 3.63) is 24.3 Å². The number of rotatable bonds is 5. The van der Waals surface area contributed by atoms with Crippen LogP contribution in [0.3, 0.4) is 0 Å². The van der Waals surface area contributed by atoms with Gasteiger partial charge >= 0.3 is 5.97 Å². The van der Waals surface area contributed by atoms with E-state index in [4.69, 9.17) is 11.5 Å². The monoisotopic (exact) mass is 205 g/mol. The van der Waals surface area contributed by atoms with Gasteiger partial charge in [0.05, 0.1) is 19.6 Å². The van der Waals surface area contributed by atoms with Gasteiger partial charge in [-0.3, -0.25) is 9.69 Å². The van der Waals surface area contributed by atoms with Crippen molar-refractivity contribution in [3.63, 3.8) is 0 Å². The number of aliphatic carboxylic acids is 1. The summed E-state index contributed by atoms with van der Waals surface area (Å²) in [5.74, 6) is 2.05. The van der Waals surface area contributed by atoms with Crippen LogP contribution in [0.5, 0.6) is 0 Å².